The van der Waals surface area contributed by atoms with E-state index in [0.29, 0.717) is 18.7 Å². The number of aromatic amines is 1. The number of aromatic nitrogens is 1. The van der Waals surface area contributed by atoms with Gasteiger partial charge in [-0.25, -0.2) is 9.69 Å². The topological polar surface area (TPSA) is 85.5 Å². The maximum Gasteiger partial charge on any atom is 0.332 e. The average Bonchev–Trinajstić information content (AvgIpc) is 3.50. The second-order valence-electron chi connectivity index (χ2n) is 11.1. The van der Waals surface area contributed by atoms with Crippen LogP contribution in [0.15, 0.2) is 97.1 Å². The average molecular weight is 555 g/mol. The maximum absolute atomic E-state index is 14.3. The van der Waals surface area contributed by atoms with Crippen LogP contribution in [0.2, 0.25) is 0 Å². The minimum Gasteiger partial charge on any atom is -0.356 e. The number of hydrogen-bond acceptors (Lipinski definition) is 3. The number of amides is 4. The molecular formula is C35H30N4O3. The molecule has 7 rings (SSSR count). The first kappa shape index (κ1) is 25.8. The van der Waals surface area contributed by atoms with Gasteiger partial charge >= 0.3 is 6.03 Å². The highest BCUT2D eigenvalue weighted by Crippen LogP contribution is 2.45. The van der Waals surface area contributed by atoms with Crippen LogP contribution in [-0.4, -0.2) is 33.8 Å². The molecule has 42 heavy (non-hydrogen) atoms. The molecule has 0 unspecified atom stereocenters. The molecule has 1 aromatic heterocycles. The van der Waals surface area contributed by atoms with E-state index in [1.807, 2.05) is 80.6 Å². The number of carbonyl (C=O) groups is 3. The van der Waals surface area contributed by atoms with E-state index in [1.54, 1.807) is 29.2 Å². The summed E-state index contributed by atoms with van der Waals surface area (Å²) in [7, 11) is 0. The molecule has 2 aliphatic rings. The van der Waals surface area contributed by atoms with E-state index in [0.717, 1.165) is 44.4 Å². The molecule has 2 aliphatic heterocycles. The normalized spacial score (nSPS) is 17.9. The summed E-state index contributed by atoms with van der Waals surface area (Å²) < 4.78 is 0. The fraction of sp³-hybridized carbons (Fsp3) is 0.171. The predicted molar refractivity (Wildman–Crippen MR) is 162 cm³/mol. The van der Waals surface area contributed by atoms with Crippen molar-refractivity contribution in [2.75, 3.05) is 4.90 Å². The number of hydrogen-bond donors (Lipinski definition) is 2. The Balaban J connectivity index is 1.28. The van der Waals surface area contributed by atoms with E-state index < -0.39 is 18.1 Å². The Hall–Kier alpha value is -5.17. The molecule has 7 nitrogen and oxygen atoms in total. The zero-order chi connectivity index (χ0) is 29.0. The van der Waals surface area contributed by atoms with Crippen molar-refractivity contribution in [3.05, 3.63) is 136 Å². The molecule has 7 heteroatoms. The number of fused-ring (bicyclic) bond motifs is 4. The summed E-state index contributed by atoms with van der Waals surface area (Å²) in [5, 5.41) is 4.01. The van der Waals surface area contributed by atoms with E-state index in [4.69, 9.17) is 0 Å². The third-order valence-electron chi connectivity index (χ3n) is 8.50. The minimum absolute atomic E-state index is 0.280. The molecule has 208 valence electrons. The van der Waals surface area contributed by atoms with Gasteiger partial charge in [-0.3, -0.25) is 14.5 Å². The third-order valence-corrected chi connectivity index (χ3v) is 8.50. The van der Waals surface area contributed by atoms with Crippen molar-refractivity contribution in [3.63, 3.8) is 0 Å². The smallest absolute Gasteiger partial charge is 0.332 e. The van der Waals surface area contributed by atoms with Gasteiger partial charge < -0.3 is 10.3 Å². The van der Waals surface area contributed by atoms with Crippen LogP contribution in [0.5, 0.6) is 0 Å². The monoisotopic (exact) mass is 554 g/mol. The Morgan fingerprint density at radius 1 is 0.881 bits per heavy atom. The van der Waals surface area contributed by atoms with E-state index in [-0.39, 0.29) is 17.4 Å². The molecule has 5 aromatic rings. The van der Waals surface area contributed by atoms with Crippen LogP contribution in [-0.2, 0) is 17.8 Å². The number of carbonyl (C=O) groups excluding carboxylic acids is 3. The number of H-pyrrole nitrogens is 1. The Bertz CT molecular complexity index is 1870. The number of anilines is 1. The Labute approximate surface area is 243 Å². The number of nitrogens with zero attached hydrogens (tertiary/aromatic N) is 2. The number of nitrogens with one attached hydrogen (secondary N) is 2. The molecular weight excluding hydrogens is 524 g/mol. The maximum atomic E-state index is 14.3. The summed E-state index contributed by atoms with van der Waals surface area (Å²) in [6, 6.07) is 29.2. The van der Waals surface area contributed by atoms with Gasteiger partial charge in [0.15, 0.2) is 0 Å². The van der Waals surface area contributed by atoms with Crippen molar-refractivity contribution in [1.82, 2.24) is 15.2 Å². The van der Waals surface area contributed by atoms with E-state index >= 15 is 0 Å². The van der Waals surface area contributed by atoms with Crippen molar-refractivity contribution in [2.45, 2.75) is 38.9 Å². The summed E-state index contributed by atoms with van der Waals surface area (Å²) >= 11 is 0. The molecule has 0 spiro atoms. The predicted octanol–water partition coefficient (Wildman–Crippen LogP) is 6.20. The SMILES string of the molecule is Cc1ccc(CNC(=O)c2ccccc2N2C(=O)[C@@H]3Cc4c([nH]c5ccccc45)[C@@H](c4ccccc4C)N3C2=O)cc1. The summed E-state index contributed by atoms with van der Waals surface area (Å²) in [6.45, 7) is 4.37. The summed E-state index contributed by atoms with van der Waals surface area (Å²) in [5.74, 6) is -0.670. The minimum atomic E-state index is -0.697. The van der Waals surface area contributed by atoms with Gasteiger partial charge in [-0.05, 0) is 54.3 Å². The Kier molecular flexibility index (Phi) is 6.16. The van der Waals surface area contributed by atoms with Crippen LogP contribution in [0.1, 0.15) is 49.9 Å². The van der Waals surface area contributed by atoms with Gasteiger partial charge in [0.1, 0.15) is 12.1 Å². The first-order valence-electron chi connectivity index (χ1n) is 14.2. The molecule has 4 aromatic carbocycles. The molecule has 2 N–H and O–H groups in total. The van der Waals surface area contributed by atoms with Crippen LogP contribution in [0, 0.1) is 13.8 Å². The lowest BCUT2D eigenvalue weighted by Crippen LogP contribution is -2.44. The van der Waals surface area contributed by atoms with Crippen LogP contribution < -0.4 is 10.2 Å². The standard InChI is InChI=1S/C35H30N4O3/c1-21-15-17-23(18-16-21)20-36-33(40)26-12-6-8-14-29(26)39-34(41)30-19-27-25-11-5-7-13-28(25)37-31(27)32(38(30)35(39)42)24-10-4-3-9-22(24)2/h3-18,30,32,37H,19-20H2,1-2H3,(H,36,40)/t30-,32+/m0/s1. The van der Waals surface area contributed by atoms with Crippen LogP contribution in [0.3, 0.4) is 0 Å². The fourth-order valence-corrected chi connectivity index (χ4v) is 6.36. The van der Waals surface area contributed by atoms with Gasteiger partial charge in [-0.15, -0.1) is 0 Å². The van der Waals surface area contributed by atoms with Gasteiger partial charge in [-0.1, -0.05) is 84.4 Å². The first-order chi connectivity index (χ1) is 20.4. The largest absolute Gasteiger partial charge is 0.356 e. The van der Waals surface area contributed by atoms with Gasteiger partial charge in [-0.2, -0.15) is 0 Å². The molecule has 0 radical (unpaired) electrons. The quantitative estimate of drug-likeness (QED) is 0.254. The molecule has 3 heterocycles. The molecule has 4 amide bonds. The van der Waals surface area contributed by atoms with Crippen LogP contribution >= 0.6 is 0 Å². The summed E-state index contributed by atoms with van der Waals surface area (Å²) in [4.78, 5) is 48.4. The second-order valence-corrected chi connectivity index (χ2v) is 11.1. The molecule has 1 fully saturated rings. The van der Waals surface area contributed by atoms with Crippen molar-refractivity contribution < 1.29 is 14.4 Å². The van der Waals surface area contributed by atoms with E-state index in [9.17, 15) is 14.4 Å². The second kappa shape index (κ2) is 10.0. The van der Waals surface area contributed by atoms with Gasteiger partial charge in [0.05, 0.1) is 11.3 Å². The van der Waals surface area contributed by atoms with Gasteiger partial charge in [0.2, 0.25) is 0 Å². The van der Waals surface area contributed by atoms with Crippen LogP contribution in [0.25, 0.3) is 10.9 Å². The van der Waals surface area contributed by atoms with Crippen molar-refractivity contribution in [2.24, 2.45) is 0 Å². The highest BCUT2D eigenvalue weighted by Gasteiger charge is 2.53. The number of aryl methyl sites for hydroxylation is 2. The molecule has 0 saturated carbocycles. The Morgan fingerprint density at radius 2 is 1.60 bits per heavy atom. The highest BCUT2D eigenvalue weighted by molar-refractivity contribution is 6.24. The molecule has 1 saturated heterocycles. The summed E-state index contributed by atoms with van der Waals surface area (Å²) in [5.41, 5.74) is 7.62. The zero-order valence-electron chi connectivity index (χ0n) is 23.4. The molecule has 0 bridgehead atoms. The van der Waals surface area contributed by atoms with Crippen molar-refractivity contribution in [3.8, 4) is 0 Å². The lowest BCUT2D eigenvalue weighted by Gasteiger charge is -2.36. The first-order valence-corrected chi connectivity index (χ1v) is 14.2. The number of rotatable bonds is 5. The van der Waals surface area contributed by atoms with Gasteiger partial charge in [0.25, 0.3) is 11.8 Å². The summed E-state index contributed by atoms with van der Waals surface area (Å²) in [6.07, 6.45) is 0.393. The number of para-hydroxylation sites is 2. The van der Waals surface area contributed by atoms with Crippen LogP contribution in [0.4, 0.5) is 10.5 Å². The Morgan fingerprint density at radius 3 is 2.40 bits per heavy atom. The van der Waals surface area contributed by atoms with E-state index in [2.05, 4.69) is 16.4 Å². The molecule has 2 atom stereocenters. The fourth-order valence-electron chi connectivity index (χ4n) is 6.36. The van der Waals surface area contributed by atoms with Crippen molar-refractivity contribution >= 4 is 34.4 Å². The number of urea groups is 1. The van der Waals surface area contributed by atoms with E-state index in [1.165, 1.54) is 4.90 Å². The third kappa shape index (κ3) is 4.08. The van der Waals surface area contributed by atoms with Crippen molar-refractivity contribution in [1.29, 1.82) is 0 Å². The lowest BCUT2D eigenvalue weighted by atomic mass is 9.87. The number of benzene rings is 4. The number of imide groups is 1. The lowest BCUT2D eigenvalue weighted by molar-refractivity contribution is -0.120. The van der Waals surface area contributed by atoms with Gasteiger partial charge in [0, 0.05) is 29.6 Å². The molecule has 0 aliphatic carbocycles. The zero-order valence-corrected chi connectivity index (χ0v) is 23.4. The highest BCUT2D eigenvalue weighted by atomic mass is 16.2.